The average molecular weight is 155 g/mol. The van der Waals surface area contributed by atoms with Crippen LogP contribution in [0.25, 0.3) is 0 Å². The minimum absolute atomic E-state index is 0.363. The largest absolute Gasteiger partial charge is 0.233 e. The van der Waals surface area contributed by atoms with Gasteiger partial charge in [0.05, 0.1) is 6.10 Å². The van der Waals surface area contributed by atoms with E-state index in [4.69, 9.17) is 0 Å². The zero-order valence-corrected chi connectivity index (χ0v) is 7.68. The Labute approximate surface area is 69.8 Å². The highest BCUT2D eigenvalue weighted by molar-refractivity contribution is 4.73. The summed E-state index contributed by atoms with van der Waals surface area (Å²) < 4.78 is 0. The zero-order valence-electron chi connectivity index (χ0n) is 7.68. The molecule has 2 unspecified atom stereocenters. The molecule has 1 aliphatic rings. The van der Waals surface area contributed by atoms with E-state index >= 15 is 0 Å². The smallest absolute Gasteiger partial charge is 0.0930 e. The van der Waals surface area contributed by atoms with Crippen LogP contribution in [0.2, 0.25) is 0 Å². The third-order valence-corrected chi connectivity index (χ3v) is 3.13. The summed E-state index contributed by atoms with van der Waals surface area (Å²) in [6.07, 6.45) is 6.32. The summed E-state index contributed by atoms with van der Waals surface area (Å²) in [6.45, 7) is 3.92. The molecule has 1 rings (SSSR count). The third-order valence-electron chi connectivity index (χ3n) is 3.13. The van der Waals surface area contributed by atoms with Crippen LogP contribution in [0.1, 0.15) is 46.0 Å². The first-order valence-electron chi connectivity index (χ1n) is 4.87. The van der Waals surface area contributed by atoms with Crippen LogP contribution in [-0.4, -0.2) is 6.10 Å². The number of hydrogen-bond acceptors (Lipinski definition) is 0. The van der Waals surface area contributed by atoms with Gasteiger partial charge in [-0.15, -0.1) is 0 Å². The molecule has 1 aliphatic carbocycles. The second-order valence-corrected chi connectivity index (χ2v) is 3.96. The maximum atomic E-state index is 11.1. The first kappa shape index (κ1) is 9.05. The van der Waals surface area contributed by atoms with Gasteiger partial charge in [0.25, 0.3) is 0 Å². The Morgan fingerprint density at radius 3 is 2.09 bits per heavy atom. The fourth-order valence-corrected chi connectivity index (χ4v) is 2.04. The molecule has 1 nitrogen and oxygen atoms in total. The van der Waals surface area contributed by atoms with Crippen LogP contribution in [0.3, 0.4) is 0 Å². The Morgan fingerprint density at radius 2 is 1.64 bits per heavy atom. The van der Waals surface area contributed by atoms with Gasteiger partial charge in [0.1, 0.15) is 0 Å². The molecule has 0 aromatic heterocycles. The molecule has 0 saturated heterocycles. The van der Waals surface area contributed by atoms with Crippen LogP contribution in [0.15, 0.2) is 0 Å². The predicted octanol–water partition coefficient (Wildman–Crippen LogP) is 3.02. The molecular weight excluding hydrogens is 136 g/mol. The predicted molar refractivity (Wildman–Crippen MR) is 45.9 cm³/mol. The topological polar surface area (TPSA) is 19.9 Å². The van der Waals surface area contributed by atoms with E-state index in [1.807, 2.05) is 0 Å². The van der Waals surface area contributed by atoms with Crippen molar-refractivity contribution in [3.8, 4) is 0 Å². The van der Waals surface area contributed by atoms with Crippen molar-refractivity contribution in [1.29, 1.82) is 0 Å². The SMILES string of the molecule is CC([O])C(C)C1CCCCC1. The molecule has 1 heteroatoms. The van der Waals surface area contributed by atoms with Crippen LogP contribution in [0.4, 0.5) is 0 Å². The standard InChI is InChI=1S/C10H19O/c1-8(9(2)11)10-6-4-3-5-7-10/h8-10H,3-7H2,1-2H3. The Bertz CT molecular complexity index is 103. The molecule has 0 aliphatic heterocycles. The summed E-state index contributed by atoms with van der Waals surface area (Å²) in [5.41, 5.74) is 0. The Morgan fingerprint density at radius 1 is 1.09 bits per heavy atom. The van der Waals surface area contributed by atoms with E-state index in [2.05, 4.69) is 6.92 Å². The lowest BCUT2D eigenvalue weighted by molar-refractivity contribution is 0.0254. The highest BCUT2D eigenvalue weighted by Gasteiger charge is 2.23. The monoisotopic (exact) mass is 155 g/mol. The summed E-state index contributed by atoms with van der Waals surface area (Å²) in [5, 5.41) is 11.1. The molecule has 0 aromatic carbocycles. The van der Waals surface area contributed by atoms with E-state index in [1.54, 1.807) is 6.92 Å². The summed E-state index contributed by atoms with van der Waals surface area (Å²) >= 11 is 0. The van der Waals surface area contributed by atoms with Gasteiger partial charge < -0.3 is 0 Å². The van der Waals surface area contributed by atoms with E-state index in [-0.39, 0.29) is 6.10 Å². The van der Waals surface area contributed by atoms with E-state index in [0.717, 1.165) is 5.92 Å². The second-order valence-electron chi connectivity index (χ2n) is 3.96. The van der Waals surface area contributed by atoms with Crippen LogP contribution in [0, 0.1) is 11.8 Å². The molecule has 0 bridgehead atoms. The zero-order chi connectivity index (χ0) is 8.27. The van der Waals surface area contributed by atoms with E-state index in [1.165, 1.54) is 32.1 Å². The second kappa shape index (κ2) is 4.10. The van der Waals surface area contributed by atoms with Crippen LogP contribution in [-0.2, 0) is 5.11 Å². The van der Waals surface area contributed by atoms with Gasteiger partial charge in [-0.05, 0) is 18.8 Å². The minimum Gasteiger partial charge on any atom is -0.233 e. The molecule has 65 valence electrons. The normalized spacial score (nSPS) is 26.5. The molecule has 0 heterocycles. The first-order chi connectivity index (χ1) is 5.22. The lowest BCUT2D eigenvalue weighted by Crippen LogP contribution is -2.23. The van der Waals surface area contributed by atoms with Gasteiger partial charge in [-0.2, -0.15) is 0 Å². The summed E-state index contributed by atoms with van der Waals surface area (Å²) in [4.78, 5) is 0. The molecule has 1 radical (unpaired) electrons. The Hall–Kier alpha value is -0.0400. The molecule has 1 saturated carbocycles. The minimum atomic E-state index is -0.363. The van der Waals surface area contributed by atoms with Crippen molar-refractivity contribution >= 4 is 0 Å². The Balaban J connectivity index is 2.32. The van der Waals surface area contributed by atoms with Crippen LogP contribution >= 0.6 is 0 Å². The van der Waals surface area contributed by atoms with Crippen molar-refractivity contribution in [3.63, 3.8) is 0 Å². The van der Waals surface area contributed by atoms with E-state index in [0.29, 0.717) is 5.92 Å². The molecule has 11 heavy (non-hydrogen) atoms. The lowest BCUT2D eigenvalue weighted by Gasteiger charge is -2.28. The van der Waals surface area contributed by atoms with Gasteiger partial charge in [-0.1, -0.05) is 39.0 Å². The van der Waals surface area contributed by atoms with Crippen molar-refractivity contribution in [2.75, 3.05) is 0 Å². The van der Waals surface area contributed by atoms with Crippen molar-refractivity contribution in [2.24, 2.45) is 11.8 Å². The van der Waals surface area contributed by atoms with Gasteiger partial charge in [-0.3, -0.25) is 0 Å². The fourth-order valence-electron chi connectivity index (χ4n) is 2.04. The van der Waals surface area contributed by atoms with Gasteiger partial charge in [0.2, 0.25) is 0 Å². The average Bonchev–Trinajstić information content (AvgIpc) is 2.05. The van der Waals surface area contributed by atoms with Crippen molar-refractivity contribution in [1.82, 2.24) is 0 Å². The van der Waals surface area contributed by atoms with Crippen molar-refractivity contribution < 1.29 is 5.11 Å². The van der Waals surface area contributed by atoms with E-state index in [9.17, 15) is 5.11 Å². The lowest BCUT2D eigenvalue weighted by atomic mass is 9.79. The van der Waals surface area contributed by atoms with Crippen LogP contribution in [0.5, 0.6) is 0 Å². The van der Waals surface area contributed by atoms with Crippen molar-refractivity contribution in [3.05, 3.63) is 0 Å². The van der Waals surface area contributed by atoms with Gasteiger partial charge >= 0.3 is 0 Å². The number of rotatable bonds is 2. The quantitative estimate of drug-likeness (QED) is 0.584. The highest BCUT2D eigenvalue weighted by Crippen LogP contribution is 2.31. The maximum absolute atomic E-state index is 11.1. The molecule has 0 amide bonds. The summed E-state index contributed by atoms with van der Waals surface area (Å²) in [7, 11) is 0. The Kier molecular flexibility index (Phi) is 3.38. The molecule has 1 fully saturated rings. The first-order valence-corrected chi connectivity index (χ1v) is 4.87. The maximum Gasteiger partial charge on any atom is 0.0930 e. The highest BCUT2D eigenvalue weighted by atomic mass is 16.3. The third kappa shape index (κ3) is 2.48. The van der Waals surface area contributed by atoms with Crippen molar-refractivity contribution in [2.45, 2.75) is 52.1 Å². The summed E-state index contributed by atoms with van der Waals surface area (Å²) in [6, 6.07) is 0. The molecule has 0 N–H and O–H groups in total. The summed E-state index contributed by atoms with van der Waals surface area (Å²) in [5.74, 6) is 1.13. The number of hydrogen-bond donors (Lipinski definition) is 0. The van der Waals surface area contributed by atoms with E-state index < -0.39 is 0 Å². The van der Waals surface area contributed by atoms with Gasteiger partial charge in [-0.25, -0.2) is 5.11 Å². The molecule has 2 atom stereocenters. The molecule has 0 spiro atoms. The molecular formula is C10H19O. The van der Waals surface area contributed by atoms with Crippen LogP contribution < -0.4 is 0 Å². The molecule has 0 aromatic rings. The van der Waals surface area contributed by atoms with Gasteiger partial charge in [0.15, 0.2) is 0 Å². The van der Waals surface area contributed by atoms with Gasteiger partial charge in [0, 0.05) is 0 Å². The fraction of sp³-hybridized carbons (Fsp3) is 1.00.